The molecule has 5 heteroatoms. The SMILES string of the molecule is CCS(=O)(=O)CCNC(C)c1ccc(O)cc1. The predicted octanol–water partition coefficient (Wildman–Crippen LogP) is 1.48. The van der Waals surface area contributed by atoms with Crippen LogP contribution in [0.15, 0.2) is 24.3 Å². The molecule has 0 radical (unpaired) electrons. The van der Waals surface area contributed by atoms with Crippen molar-refractivity contribution in [3.63, 3.8) is 0 Å². The van der Waals surface area contributed by atoms with Gasteiger partial charge in [-0.2, -0.15) is 0 Å². The molecule has 0 aliphatic rings. The molecule has 0 fully saturated rings. The van der Waals surface area contributed by atoms with Crippen LogP contribution in [0.5, 0.6) is 5.75 Å². The van der Waals surface area contributed by atoms with Gasteiger partial charge in [0.15, 0.2) is 9.84 Å². The third kappa shape index (κ3) is 4.75. The number of nitrogens with one attached hydrogen (secondary N) is 1. The Kier molecular flexibility index (Phi) is 4.96. The Morgan fingerprint density at radius 2 is 1.88 bits per heavy atom. The van der Waals surface area contributed by atoms with Crippen LogP contribution in [-0.2, 0) is 9.84 Å². The van der Waals surface area contributed by atoms with Crippen molar-refractivity contribution in [2.24, 2.45) is 0 Å². The minimum atomic E-state index is -2.91. The van der Waals surface area contributed by atoms with Crippen LogP contribution in [0.4, 0.5) is 0 Å². The number of hydrogen-bond donors (Lipinski definition) is 2. The quantitative estimate of drug-likeness (QED) is 0.810. The number of phenols is 1. The molecule has 1 aromatic carbocycles. The molecule has 0 aliphatic carbocycles. The summed E-state index contributed by atoms with van der Waals surface area (Å²) in [6, 6.07) is 6.96. The predicted molar refractivity (Wildman–Crippen MR) is 68.9 cm³/mol. The Morgan fingerprint density at radius 3 is 2.41 bits per heavy atom. The summed E-state index contributed by atoms with van der Waals surface area (Å²) in [6.45, 7) is 4.06. The van der Waals surface area contributed by atoms with Gasteiger partial charge in [-0.1, -0.05) is 19.1 Å². The highest BCUT2D eigenvalue weighted by Crippen LogP contribution is 2.15. The molecule has 17 heavy (non-hydrogen) atoms. The van der Waals surface area contributed by atoms with Gasteiger partial charge in [0.25, 0.3) is 0 Å². The van der Waals surface area contributed by atoms with Gasteiger partial charge in [-0.25, -0.2) is 8.42 Å². The molecular weight excluding hydrogens is 238 g/mol. The van der Waals surface area contributed by atoms with E-state index in [-0.39, 0.29) is 23.3 Å². The number of hydrogen-bond acceptors (Lipinski definition) is 4. The van der Waals surface area contributed by atoms with Crippen LogP contribution >= 0.6 is 0 Å². The fraction of sp³-hybridized carbons (Fsp3) is 0.500. The van der Waals surface area contributed by atoms with Gasteiger partial charge in [-0.15, -0.1) is 0 Å². The molecule has 0 saturated carbocycles. The molecule has 0 heterocycles. The maximum Gasteiger partial charge on any atom is 0.151 e. The lowest BCUT2D eigenvalue weighted by Crippen LogP contribution is -2.26. The standard InChI is InChI=1S/C12H19NO3S/c1-3-17(15,16)9-8-13-10(2)11-4-6-12(14)7-5-11/h4-7,10,13-14H,3,8-9H2,1-2H3. The van der Waals surface area contributed by atoms with E-state index in [1.54, 1.807) is 19.1 Å². The van der Waals surface area contributed by atoms with E-state index in [4.69, 9.17) is 5.11 Å². The average molecular weight is 257 g/mol. The number of benzene rings is 1. The molecule has 0 spiro atoms. The smallest absolute Gasteiger partial charge is 0.151 e. The molecule has 1 unspecified atom stereocenters. The second-order valence-electron chi connectivity index (χ2n) is 4.00. The molecular formula is C12H19NO3S. The minimum Gasteiger partial charge on any atom is -0.508 e. The largest absolute Gasteiger partial charge is 0.508 e. The highest BCUT2D eigenvalue weighted by Gasteiger charge is 2.09. The Balaban J connectivity index is 2.45. The van der Waals surface area contributed by atoms with Crippen molar-refractivity contribution in [1.29, 1.82) is 0 Å². The van der Waals surface area contributed by atoms with Crippen molar-refractivity contribution < 1.29 is 13.5 Å². The summed E-state index contributed by atoms with van der Waals surface area (Å²) < 4.78 is 22.6. The van der Waals surface area contributed by atoms with E-state index in [0.29, 0.717) is 6.54 Å². The third-order valence-electron chi connectivity index (χ3n) is 2.70. The van der Waals surface area contributed by atoms with Crippen molar-refractivity contribution in [2.45, 2.75) is 19.9 Å². The lowest BCUT2D eigenvalue weighted by Gasteiger charge is -2.14. The van der Waals surface area contributed by atoms with Crippen molar-refractivity contribution >= 4 is 9.84 Å². The highest BCUT2D eigenvalue weighted by atomic mass is 32.2. The van der Waals surface area contributed by atoms with Gasteiger partial charge in [0, 0.05) is 18.3 Å². The van der Waals surface area contributed by atoms with Crippen molar-refractivity contribution in [2.75, 3.05) is 18.1 Å². The second-order valence-corrected chi connectivity index (χ2v) is 6.48. The van der Waals surface area contributed by atoms with Gasteiger partial charge >= 0.3 is 0 Å². The van der Waals surface area contributed by atoms with E-state index in [0.717, 1.165) is 5.56 Å². The summed E-state index contributed by atoms with van der Waals surface area (Å²) in [6.07, 6.45) is 0. The summed E-state index contributed by atoms with van der Waals surface area (Å²) in [5.41, 5.74) is 1.02. The Bertz CT molecular complexity index is 439. The molecule has 0 saturated heterocycles. The van der Waals surface area contributed by atoms with Crippen molar-refractivity contribution in [1.82, 2.24) is 5.32 Å². The molecule has 1 atom stereocenters. The van der Waals surface area contributed by atoms with Crippen molar-refractivity contribution in [3.05, 3.63) is 29.8 Å². The van der Waals surface area contributed by atoms with E-state index < -0.39 is 9.84 Å². The zero-order valence-electron chi connectivity index (χ0n) is 10.2. The van der Waals surface area contributed by atoms with Crippen LogP contribution in [0.25, 0.3) is 0 Å². The van der Waals surface area contributed by atoms with Gasteiger partial charge in [-0.05, 0) is 24.6 Å². The average Bonchev–Trinajstić information content (AvgIpc) is 2.29. The second kappa shape index (κ2) is 6.02. The maximum atomic E-state index is 11.3. The molecule has 0 aliphatic heterocycles. The number of rotatable bonds is 6. The van der Waals surface area contributed by atoms with Gasteiger partial charge < -0.3 is 10.4 Å². The molecule has 1 rings (SSSR count). The first-order valence-electron chi connectivity index (χ1n) is 5.67. The zero-order chi connectivity index (χ0) is 12.9. The Hall–Kier alpha value is -1.07. The molecule has 2 N–H and O–H groups in total. The maximum absolute atomic E-state index is 11.3. The molecule has 1 aromatic rings. The van der Waals surface area contributed by atoms with E-state index in [1.165, 1.54) is 0 Å². The first kappa shape index (κ1) is 14.0. The monoisotopic (exact) mass is 257 g/mol. The lowest BCUT2D eigenvalue weighted by molar-refractivity contribution is 0.474. The molecule has 96 valence electrons. The zero-order valence-corrected chi connectivity index (χ0v) is 11.0. The van der Waals surface area contributed by atoms with E-state index in [9.17, 15) is 8.42 Å². The van der Waals surface area contributed by atoms with Crippen LogP contribution in [0.1, 0.15) is 25.5 Å². The fourth-order valence-corrected chi connectivity index (χ4v) is 2.17. The van der Waals surface area contributed by atoms with Crippen LogP contribution in [-0.4, -0.2) is 31.6 Å². The summed E-state index contributed by atoms with van der Waals surface area (Å²) >= 11 is 0. The van der Waals surface area contributed by atoms with Gasteiger partial charge in [0.05, 0.1) is 5.75 Å². The summed E-state index contributed by atoms with van der Waals surface area (Å²) in [7, 11) is -2.91. The Morgan fingerprint density at radius 1 is 1.29 bits per heavy atom. The van der Waals surface area contributed by atoms with Gasteiger partial charge in [0.1, 0.15) is 5.75 Å². The number of phenolic OH excluding ortho intramolecular Hbond substituents is 1. The number of aromatic hydroxyl groups is 1. The van der Waals surface area contributed by atoms with Crippen LogP contribution in [0, 0.1) is 0 Å². The topological polar surface area (TPSA) is 66.4 Å². The highest BCUT2D eigenvalue weighted by molar-refractivity contribution is 7.91. The fourth-order valence-electron chi connectivity index (χ4n) is 1.46. The molecule has 4 nitrogen and oxygen atoms in total. The normalized spacial score (nSPS) is 13.5. The van der Waals surface area contributed by atoms with E-state index in [2.05, 4.69) is 5.32 Å². The summed E-state index contributed by atoms with van der Waals surface area (Å²) in [4.78, 5) is 0. The molecule has 0 aromatic heterocycles. The third-order valence-corrected chi connectivity index (χ3v) is 4.40. The number of sulfone groups is 1. The van der Waals surface area contributed by atoms with Crippen LogP contribution in [0.2, 0.25) is 0 Å². The summed E-state index contributed by atoms with van der Waals surface area (Å²) in [5, 5.41) is 12.3. The molecule has 0 amide bonds. The van der Waals surface area contributed by atoms with Crippen LogP contribution in [0.3, 0.4) is 0 Å². The first-order valence-corrected chi connectivity index (χ1v) is 7.49. The van der Waals surface area contributed by atoms with E-state index in [1.807, 2.05) is 19.1 Å². The van der Waals surface area contributed by atoms with Gasteiger partial charge in [-0.3, -0.25) is 0 Å². The van der Waals surface area contributed by atoms with Crippen molar-refractivity contribution in [3.8, 4) is 5.75 Å². The lowest BCUT2D eigenvalue weighted by atomic mass is 10.1. The van der Waals surface area contributed by atoms with Crippen LogP contribution < -0.4 is 5.32 Å². The van der Waals surface area contributed by atoms with E-state index >= 15 is 0 Å². The first-order chi connectivity index (χ1) is 7.94. The van der Waals surface area contributed by atoms with Gasteiger partial charge in [0.2, 0.25) is 0 Å². The summed E-state index contributed by atoms with van der Waals surface area (Å²) in [5.74, 6) is 0.572. The minimum absolute atomic E-state index is 0.0719. The molecule has 0 bridgehead atoms. The Labute approximate surface area is 103 Å².